The van der Waals surface area contributed by atoms with Crippen LogP contribution in [-0.2, 0) is 18.2 Å². The summed E-state index contributed by atoms with van der Waals surface area (Å²) in [6.07, 6.45) is 7.02. The summed E-state index contributed by atoms with van der Waals surface area (Å²) in [6, 6.07) is 22.5. The van der Waals surface area contributed by atoms with Crippen molar-refractivity contribution in [3.05, 3.63) is 93.8 Å². The van der Waals surface area contributed by atoms with E-state index in [1.807, 2.05) is 11.6 Å². The van der Waals surface area contributed by atoms with Crippen molar-refractivity contribution in [2.45, 2.75) is 62.9 Å². The number of nitrogens with zero attached hydrogens (tertiary/aromatic N) is 5. The van der Waals surface area contributed by atoms with Gasteiger partial charge >= 0.3 is 6.09 Å². The van der Waals surface area contributed by atoms with Gasteiger partial charge in [0.1, 0.15) is 12.4 Å². The van der Waals surface area contributed by atoms with Crippen molar-refractivity contribution < 1.29 is 14.5 Å². The maximum absolute atomic E-state index is 14.1. The number of imidazole rings is 1. The van der Waals surface area contributed by atoms with Gasteiger partial charge in [-0.3, -0.25) is 15.0 Å². The van der Waals surface area contributed by atoms with E-state index >= 15 is 0 Å². The van der Waals surface area contributed by atoms with Gasteiger partial charge in [0.2, 0.25) is 0 Å². The molecule has 0 spiro atoms. The molecule has 9 heteroatoms. The molecule has 9 nitrogen and oxygen atoms in total. The van der Waals surface area contributed by atoms with Gasteiger partial charge in [-0.1, -0.05) is 48.5 Å². The standard InChI is InChI=1S/C37H41N5O4/c1-39-34-21-25(42(44)45)17-18-32(34)38-35(39)16-6-15-33-30-14-8-20-40-19-7-9-24(36(30)40)22-41(33)37(43)46-23-31-28-12-4-2-10-26(28)27-11-3-5-13-29(27)31/h2-5,10-13,17-18,21,24,30-31,33,36H,6-9,14-16,19-20,22-23H2,1H3/t24-,30+,33+,36-/m0/s1. The molecule has 0 radical (unpaired) electrons. The lowest BCUT2D eigenvalue weighted by Crippen LogP contribution is -2.65. The normalized spacial score (nSPS) is 24.0. The smallest absolute Gasteiger partial charge is 0.410 e. The lowest BCUT2D eigenvalue weighted by Gasteiger charge is -2.57. The lowest BCUT2D eigenvalue weighted by atomic mass is 9.69. The van der Waals surface area contributed by atoms with Crippen LogP contribution in [0.25, 0.3) is 22.2 Å². The molecule has 1 aliphatic carbocycles. The second kappa shape index (κ2) is 11.8. The fourth-order valence-electron chi connectivity index (χ4n) is 9.29. The van der Waals surface area contributed by atoms with Gasteiger partial charge in [0.15, 0.2) is 0 Å². The van der Waals surface area contributed by atoms with Crippen LogP contribution in [0.1, 0.15) is 61.4 Å². The molecule has 0 saturated carbocycles. The number of hydrogen-bond acceptors (Lipinski definition) is 6. The molecule has 0 N–H and O–H groups in total. The molecule has 4 heterocycles. The largest absolute Gasteiger partial charge is 0.448 e. The highest BCUT2D eigenvalue weighted by Gasteiger charge is 2.50. The number of aromatic nitrogens is 2. The van der Waals surface area contributed by atoms with Crippen LogP contribution in [0.15, 0.2) is 66.7 Å². The first-order valence-electron chi connectivity index (χ1n) is 16.9. The molecule has 3 fully saturated rings. The quantitative estimate of drug-likeness (QED) is 0.165. The van der Waals surface area contributed by atoms with Crippen molar-refractivity contribution in [1.82, 2.24) is 19.4 Å². The number of nitro groups is 1. The van der Waals surface area contributed by atoms with E-state index < -0.39 is 0 Å². The zero-order valence-corrected chi connectivity index (χ0v) is 26.4. The van der Waals surface area contributed by atoms with Crippen LogP contribution in [0.5, 0.6) is 0 Å². The van der Waals surface area contributed by atoms with Crippen LogP contribution >= 0.6 is 0 Å². The van der Waals surface area contributed by atoms with Crippen LogP contribution in [-0.4, -0.2) is 68.7 Å². The first-order valence-corrected chi connectivity index (χ1v) is 16.9. The van der Waals surface area contributed by atoms with Gasteiger partial charge in [-0.2, -0.15) is 0 Å². The van der Waals surface area contributed by atoms with E-state index in [1.54, 1.807) is 12.1 Å². The van der Waals surface area contributed by atoms with E-state index in [0.29, 0.717) is 24.5 Å². The monoisotopic (exact) mass is 619 g/mol. The maximum atomic E-state index is 14.1. The van der Waals surface area contributed by atoms with Gasteiger partial charge in [0, 0.05) is 50.1 Å². The third-order valence-electron chi connectivity index (χ3n) is 11.3. The molecule has 1 amide bonds. The fraction of sp³-hybridized carbons (Fsp3) is 0.459. The minimum atomic E-state index is -0.362. The Kier molecular flexibility index (Phi) is 7.51. The molecule has 8 rings (SSSR count). The number of aryl methyl sites for hydroxylation is 2. The Morgan fingerprint density at radius 2 is 1.72 bits per heavy atom. The van der Waals surface area contributed by atoms with Gasteiger partial charge in [0.25, 0.3) is 5.69 Å². The highest BCUT2D eigenvalue weighted by atomic mass is 16.6. The van der Waals surface area contributed by atoms with E-state index in [9.17, 15) is 14.9 Å². The number of carbonyl (C=O) groups excluding carboxylic acids is 1. The maximum Gasteiger partial charge on any atom is 0.410 e. The summed E-state index contributed by atoms with van der Waals surface area (Å²) >= 11 is 0. The number of fused-ring (bicyclic) bond motifs is 4. The minimum Gasteiger partial charge on any atom is -0.448 e. The molecule has 4 aromatic rings. The highest BCUT2D eigenvalue weighted by molar-refractivity contribution is 5.80. The molecule has 0 unspecified atom stereocenters. The number of amides is 1. The van der Waals surface area contributed by atoms with Crippen LogP contribution in [0.2, 0.25) is 0 Å². The Bertz CT molecular complexity index is 1750. The number of carbonyl (C=O) groups is 1. The van der Waals surface area contributed by atoms with Gasteiger partial charge in [-0.15, -0.1) is 0 Å². The Labute approximate surface area is 269 Å². The summed E-state index contributed by atoms with van der Waals surface area (Å²) in [5.41, 5.74) is 6.55. The number of piperidine rings is 3. The van der Waals surface area contributed by atoms with E-state index in [1.165, 1.54) is 60.7 Å². The van der Waals surface area contributed by atoms with Gasteiger partial charge in [-0.05, 0) is 91.8 Å². The molecule has 3 aromatic carbocycles. The van der Waals surface area contributed by atoms with Crippen LogP contribution in [0.3, 0.4) is 0 Å². The molecule has 3 aliphatic heterocycles. The predicted octanol–water partition coefficient (Wildman–Crippen LogP) is 6.93. The Hall–Kier alpha value is -4.24. The second-order valence-corrected chi connectivity index (χ2v) is 13.7. The summed E-state index contributed by atoms with van der Waals surface area (Å²) in [5.74, 6) is 1.89. The summed E-state index contributed by atoms with van der Waals surface area (Å²) in [7, 11) is 1.93. The Morgan fingerprint density at radius 1 is 1.00 bits per heavy atom. The van der Waals surface area contributed by atoms with Crippen molar-refractivity contribution in [3.8, 4) is 11.1 Å². The van der Waals surface area contributed by atoms with Crippen molar-refractivity contribution in [3.63, 3.8) is 0 Å². The van der Waals surface area contributed by atoms with Crippen LogP contribution in [0, 0.1) is 22.0 Å². The fourth-order valence-corrected chi connectivity index (χ4v) is 9.29. The third-order valence-corrected chi connectivity index (χ3v) is 11.3. The zero-order chi connectivity index (χ0) is 31.4. The number of rotatable bonds is 7. The zero-order valence-electron chi connectivity index (χ0n) is 26.4. The SMILES string of the molecule is Cn1c(CCC[C@@H]2[C@H]3CCCN4CCC[C@@H](CN2C(=O)OCC2c5ccccc5-c5ccccc52)[C@@H]34)nc2ccc([N+](=O)[O-])cc21. The van der Waals surface area contributed by atoms with Crippen molar-refractivity contribution in [2.24, 2.45) is 18.9 Å². The average Bonchev–Trinajstić information content (AvgIpc) is 3.58. The molecule has 1 aromatic heterocycles. The molecule has 4 atom stereocenters. The molecule has 0 bridgehead atoms. The van der Waals surface area contributed by atoms with E-state index in [-0.39, 0.29) is 28.7 Å². The van der Waals surface area contributed by atoms with Crippen molar-refractivity contribution in [2.75, 3.05) is 26.2 Å². The van der Waals surface area contributed by atoms with E-state index in [0.717, 1.165) is 49.1 Å². The number of likely N-dealkylation sites (tertiary alicyclic amines) is 1. The second-order valence-electron chi connectivity index (χ2n) is 13.7. The van der Waals surface area contributed by atoms with Gasteiger partial charge in [0.05, 0.1) is 16.0 Å². The summed E-state index contributed by atoms with van der Waals surface area (Å²) < 4.78 is 8.26. The van der Waals surface area contributed by atoms with Crippen LogP contribution < -0.4 is 0 Å². The Morgan fingerprint density at radius 3 is 2.46 bits per heavy atom. The van der Waals surface area contributed by atoms with Crippen molar-refractivity contribution >= 4 is 22.8 Å². The minimum absolute atomic E-state index is 0.0422. The number of ether oxygens (including phenoxy) is 1. The van der Waals surface area contributed by atoms with E-state index in [4.69, 9.17) is 9.72 Å². The molecular weight excluding hydrogens is 578 g/mol. The summed E-state index contributed by atoms with van der Waals surface area (Å²) in [5, 5.41) is 11.3. The molecular formula is C37H41N5O4. The lowest BCUT2D eigenvalue weighted by molar-refractivity contribution is -0.384. The van der Waals surface area contributed by atoms with Crippen molar-refractivity contribution in [1.29, 1.82) is 0 Å². The third kappa shape index (κ3) is 4.96. The topological polar surface area (TPSA) is 93.7 Å². The number of non-ortho nitro benzene ring substituents is 1. The average molecular weight is 620 g/mol. The molecule has 3 saturated heterocycles. The van der Waals surface area contributed by atoms with Gasteiger partial charge in [-0.25, -0.2) is 9.78 Å². The van der Waals surface area contributed by atoms with E-state index in [2.05, 4.69) is 58.3 Å². The Balaban J connectivity index is 1.02. The highest BCUT2D eigenvalue weighted by Crippen LogP contribution is 2.46. The number of hydrogen-bond donors (Lipinski definition) is 0. The number of benzene rings is 3. The first-order chi connectivity index (χ1) is 22.5. The van der Waals surface area contributed by atoms with Gasteiger partial charge < -0.3 is 14.2 Å². The first kappa shape index (κ1) is 29.2. The summed E-state index contributed by atoms with van der Waals surface area (Å²) in [6.45, 7) is 3.44. The number of nitro benzene ring substituents is 1. The van der Waals surface area contributed by atoms with Crippen LogP contribution in [0.4, 0.5) is 10.5 Å². The molecule has 46 heavy (non-hydrogen) atoms. The summed E-state index contributed by atoms with van der Waals surface area (Å²) in [4.78, 5) is 34.7. The molecule has 238 valence electrons. The predicted molar refractivity (Wildman–Crippen MR) is 177 cm³/mol. The molecule has 4 aliphatic rings.